The third-order valence-electron chi connectivity index (χ3n) is 5.36. The monoisotopic (exact) mass is 567 g/mol. The number of ether oxygens (including phenoxy) is 2. The van der Waals surface area contributed by atoms with E-state index in [0.717, 1.165) is 17.4 Å². The van der Waals surface area contributed by atoms with Crippen LogP contribution in [0, 0.1) is 11.3 Å². The van der Waals surface area contributed by atoms with Gasteiger partial charge in [0.15, 0.2) is 15.6 Å². The van der Waals surface area contributed by atoms with Crippen molar-refractivity contribution in [2.24, 2.45) is 0 Å². The average Bonchev–Trinajstić information content (AvgIpc) is 2.80. The van der Waals surface area contributed by atoms with Crippen LogP contribution in [0.15, 0.2) is 48.7 Å². The van der Waals surface area contributed by atoms with E-state index in [9.17, 15) is 13.7 Å². The molecule has 7 nitrogen and oxygen atoms in total. The van der Waals surface area contributed by atoms with Crippen molar-refractivity contribution >= 4 is 44.6 Å². The fourth-order valence-electron chi connectivity index (χ4n) is 3.45. The molecule has 0 unspecified atom stereocenters. The number of aromatic nitrogens is 2. The number of nitrogens with zero attached hydrogens (tertiary/aromatic N) is 3. The number of halogens is 3. The molecule has 0 aliphatic heterocycles. The molecule has 0 amide bonds. The summed E-state index contributed by atoms with van der Waals surface area (Å²) in [6, 6.07) is 14.8. The molecule has 0 aliphatic rings. The summed E-state index contributed by atoms with van der Waals surface area (Å²) >= 11 is 17.9. The Morgan fingerprint density at radius 2 is 1.78 bits per heavy atom. The van der Waals surface area contributed by atoms with Gasteiger partial charge in [-0.1, -0.05) is 37.6 Å². The smallest absolute Gasteiger partial charge is 0.155 e. The van der Waals surface area contributed by atoms with Gasteiger partial charge in [0.1, 0.15) is 41.4 Å². The molecule has 36 heavy (non-hydrogen) atoms. The van der Waals surface area contributed by atoms with Gasteiger partial charge in [0.2, 0.25) is 0 Å². The van der Waals surface area contributed by atoms with Gasteiger partial charge in [-0.2, -0.15) is 5.26 Å². The van der Waals surface area contributed by atoms with Crippen molar-refractivity contribution in [2.75, 3.05) is 12.9 Å². The Morgan fingerprint density at radius 3 is 2.39 bits per heavy atom. The minimum Gasteiger partial charge on any atom is -0.488 e. The zero-order chi connectivity index (χ0) is 26.5. The first-order valence-corrected chi connectivity index (χ1v) is 14.1. The van der Waals surface area contributed by atoms with E-state index < -0.39 is 20.1 Å². The molecule has 0 radical (unpaired) electrons. The number of hydrogen-bond donors (Lipinski definition) is 0. The first-order valence-electron chi connectivity index (χ1n) is 10.8. The maximum absolute atomic E-state index is 11.5. The van der Waals surface area contributed by atoms with Gasteiger partial charge in [-0.3, -0.25) is 0 Å². The predicted octanol–water partition coefficient (Wildman–Crippen LogP) is 5.63. The molecule has 11 heteroatoms. The number of nitriles is 1. The van der Waals surface area contributed by atoms with Crippen molar-refractivity contribution in [1.82, 2.24) is 9.97 Å². The maximum Gasteiger partial charge on any atom is 0.155 e. The van der Waals surface area contributed by atoms with E-state index in [1.54, 1.807) is 18.2 Å². The van der Waals surface area contributed by atoms with Crippen LogP contribution >= 0.6 is 34.8 Å². The largest absolute Gasteiger partial charge is 0.488 e. The lowest BCUT2D eigenvalue weighted by Gasteiger charge is -2.27. The molecular weight excluding hydrogens is 545 g/mol. The normalized spacial score (nSPS) is 11.8. The molecule has 0 fully saturated rings. The highest BCUT2D eigenvalue weighted by molar-refractivity contribution is 7.89. The summed E-state index contributed by atoms with van der Waals surface area (Å²) < 4.78 is 34.3. The van der Waals surface area contributed by atoms with Crippen LogP contribution in [0.5, 0.6) is 11.5 Å². The fourth-order valence-corrected chi connectivity index (χ4v) is 4.46. The highest BCUT2D eigenvalue weighted by atomic mass is 35.5. The molecule has 190 valence electrons. The lowest BCUT2D eigenvalue weighted by Crippen LogP contribution is -2.19. The standard InChI is InChI=1S/C25H24Cl3N3O4S/c1-25(2,18-10-16(12-29)24(21(26)11-18)35-14-22(27)28)17-4-6-20(7-5-17)34-13-19-8-9-30-23(31-19)15-36(3,32)33/h4-11,22H,13-15H2,1-3H3. The number of sulfone groups is 1. The number of benzene rings is 2. The minimum absolute atomic E-state index is 0.00967. The number of rotatable bonds is 10. The summed E-state index contributed by atoms with van der Waals surface area (Å²) in [7, 11) is -3.23. The van der Waals surface area contributed by atoms with E-state index in [1.807, 2.05) is 38.1 Å². The molecule has 0 spiro atoms. The Balaban J connectivity index is 1.75. The van der Waals surface area contributed by atoms with Crippen LogP contribution in [0.2, 0.25) is 5.02 Å². The lowest BCUT2D eigenvalue weighted by molar-refractivity contribution is 0.300. The summed E-state index contributed by atoms with van der Waals surface area (Å²) in [6.45, 7) is 4.22. The van der Waals surface area contributed by atoms with Gasteiger partial charge in [-0.05, 0) is 41.5 Å². The molecule has 0 saturated carbocycles. The molecule has 0 bridgehead atoms. The van der Waals surface area contributed by atoms with E-state index in [2.05, 4.69) is 16.0 Å². The van der Waals surface area contributed by atoms with Crippen molar-refractivity contribution in [2.45, 2.75) is 36.5 Å². The van der Waals surface area contributed by atoms with E-state index in [-0.39, 0.29) is 30.5 Å². The third kappa shape index (κ3) is 7.47. The molecule has 0 N–H and O–H groups in total. The van der Waals surface area contributed by atoms with Crippen LogP contribution in [-0.4, -0.2) is 36.1 Å². The number of hydrogen-bond acceptors (Lipinski definition) is 7. The first kappa shape index (κ1) is 28.0. The Hall–Kier alpha value is -2.57. The number of alkyl halides is 2. The van der Waals surface area contributed by atoms with Crippen LogP contribution in [0.25, 0.3) is 0 Å². The average molecular weight is 569 g/mol. The Morgan fingerprint density at radius 1 is 1.08 bits per heavy atom. The zero-order valence-electron chi connectivity index (χ0n) is 19.8. The molecular formula is C25H24Cl3N3O4S. The van der Waals surface area contributed by atoms with Gasteiger partial charge >= 0.3 is 0 Å². The molecule has 1 heterocycles. The highest BCUT2D eigenvalue weighted by Gasteiger charge is 2.26. The van der Waals surface area contributed by atoms with Crippen molar-refractivity contribution in [3.63, 3.8) is 0 Å². The third-order valence-corrected chi connectivity index (χ3v) is 6.67. The first-order chi connectivity index (χ1) is 16.9. The quantitative estimate of drug-likeness (QED) is 0.292. The van der Waals surface area contributed by atoms with Crippen LogP contribution in [0.4, 0.5) is 0 Å². The summed E-state index contributed by atoms with van der Waals surface area (Å²) in [6.07, 6.45) is 2.65. The SMILES string of the molecule is CC(C)(c1ccc(OCc2ccnc(CS(C)(=O)=O)n2)cc1)c1cc(Cl)c(OCC(Cl)Cl)c(C#N)c1. The second kappa shape index (κ2) is 11.7. The van der Waals surface area contributed by atoms with Gasteiger partial charge < -0.3 is 9.47 Å². The molecule has 0 atom stereocenters. The second-order valence-electron chi connectivity index (χ2n) is 8.62. The van der Waals surface area contributed by atoms with Crippen LogP contribution in [-0.2, 0) is 27.6 Å². The van der Waals surface area contributed by atoms with Gasteiger partial charge in [0.25, 0.3) is 0 Å². The summed E-state index contributed by atoms with van der Waals surface area (Å²) in [5, 5.41) is 9.92. The second-order valence-corrected chi connectivity index (χ2v) is 12.4. The van der Waals surface area contributed by atoms with E-state index in [1.165, 1.54) is 6.20 Å². The molecule has 2 aromatic carbocycles. The summed E-state index contributed by atoms with van der Waals surface area (Å²) in [5.41, 5.74) is 2.18. The zero-order valence-corrected chi connectivity index (χ0v) is 22.9. The fraction of sp³-hybridized carbons (Fsp3) is 0.320. The van der Waals surface area contributed by atoms with E-state index in [4.69, 9.17) is 44.3 Å². The van der Waals surface area contributed by atoms with E-state index in [0.29, 0.717) is 22.0 Å². The highest BCUT2D eigenvalue weighted by Crippen LogP contribution is 2.38. The Labute approximate surface area is 225 Å². The maximum atomic E-state index is 11.5. The lowest BCUT2D eigenvalue weighted by atomic mass is 9.77. The molecule has 3 rings (SSSR count). The van der Waals surface area contributed by atoms with Crippen molar-refractivity contribution in [3.8, 4) is 17.6 Å². The summed E-state index contributed by atoms with van der Waals surface area (Å²) in [5.74, 6) is 0.870. The molecule has 0 saturated heterocycles. The van der Waals surface area contributed by atoms with Crippen LogP contribution in [0.3, 0.4) is 0 Å². The van der Waals surface area contributed by atoms with Crippen molar-refractivity contribution in [1.29, 1.82) is 5.26 Å². The van der Waals surface area contributed by atoms with Gasteiger partial charge in [-0.25, -0.2) is 18.4 Å². The summed E-state index contributed by atoms with van der Waals surface area (Å²) in [4.78, 5) is 7.50. The van der Waals surface area contributed by atoms with Crippen LogP contribution in [0.1, 0.15) is 42.1 Å². The van der Waals surface area contributed by atoms with Crippen molar-refractivity contribution in [3.05, 3.63) is 81.9 Å². The van der Waals surface area contributed by atoms with Gasteiger partial charge in [0.05, 0.1) is 16.3 Å². The minimum atomic E-state index is -3.23. The topological polar surface area (TPSA) is 102 Å². The van der Waals surface area contributed by atoms with Gasteiger partial charge in [-0.15, -0.1) is 23.2 Å². The van der Waals surface area contributed by atoms with Gasteiger partial charge in [0, 0.05) is 17.9 Å². The Kier molecular flexibility index (Phi) is 9.07. The van der Waals surface area contributed by atoms with E-state index >= 15 is 0 Å². The van der Waals surface area contributed by atoms with Crippen molar-refractivity contribution < 1.29 is 17.9 Å². The molecule has 1 aromatic heterocycles. The predicted molar refractivity (Wildman–Crippen MR) is 141 cm³/mol. The Bertz CT molecular complexity index is 1370. The molecule has 3 aromatic rings. The van der Waals surface area contributed by atoms with Crippen LogP contribution < -0.4 is 9.47 Å². The molecule has 0 aliphatic carbocycles.